The highest BCUT2D eigenvalue weighted by Gasteiger charge is 2.04. The molecule has 0 bridgehead atoms. The summed E-state index contributed by atoms with van der Waals surface area (Å²) in [7, 11) is 0. The van der Waals surface area contributed by atoms with E-state index in [0.29, 0.717) is 5.76 Å². The van der Waals surface area contributed by atoms with Crippen molar-refractivity contribution in [2.45, 2.75) is 0 Å². The van der Waals surface area contributed by atoms with Crippen molar-refractivity contribution < 1.29 is 9.21 Å². The highest BCUT2D eigenvalue weighted by molar-refractivity contribution is 6.30. The van der Waals surface area contributed by atoms with E-state index in [1.165, 1.54) is 6.26 Å². The Labute approximate surface area is 57.4 Å². The summed E-state index contributed by atoms with van der Waals surface area (Å²) in [6.45, 7) is 0. The lowest BCUT2D eigenvalue weighted by Gasteiger charge is -1.84. The maximum Gasteiger partial charge on any atom is 0.212 e. The Morgan fingerprint density at radius 3 is 3.00 bits per heavy atom. The van der Waals surface area contributed by atoms with Gasteiger partial charge in [0.05, 0.1) is 12.1 Å². The van der Waals surface area contributed by atoms with Gasteiger partial charge in [-0.2, -0.15) is 0 Å². The number of hydrogen-bond acceptors (Lipinski definition) is 2. The predicted molar refractivity (Wildman–Crippen MR) is 33.8 cm³/mol. The van der Waals surface area contributed by atoms with Crippen molar-refractivity contribution in [2.24, 2.45) is 0 Å². The summed E-state index contributed by atoms with van der Waals surface area (Å²) < 4.78 is 4.75. The molecule has 0 amide bonds. The maximum atomic E-state index is 10.6. The van der Waals surface area contributed by atoms with Crippen LogP contribution in [-0.4, -0.2) is 11.7 Å². The van der Waals surface area contributed by atoms with E-state index < -0.39 is 0 Å². The molecule has 2 nitrogen and oxygen atoms in total. The molecule has 0 saturated carbocycles. The number of alkyl halides is 1. The molecule has 1 heterocycles. The smallest absolute Gasteiger partial charge is 0.212 e. The van der Waals surface area contributed by atoms with E-state index in [1.807, 2.05) is 0 Å². The Morgan fingerprint density at radius 2 is 2.56 bits per heavy atom. The van der Waals surface area contributed by atoms with Crippen LogP contribution in [0.4, 0.5) is 0 Å². The van der Waals surface area contributed by atoms with Gasteiger partial charge in [0.1, 0.15) is 0 Å². The Bertz CT molecular complexity index is 191. The predicted octanol–water partition coefficient (Wildman–Crippen LogP) is 1.70. The first kappa shape index (κ1) is 6.36. The van der Waals surface area contributed by atoms with E-state index in [0.717, 1.165) is 0 Å². The van der Waals surface area contributed by atoms with Crippen LogP contribution in [0.1, 0.15) is 10.6 Å². The number of carbonyl (C=O) groups is 1. The zero-order valence-electron chi connectivity index (χ0n) is 4.63. The highest BCUT2D eigenvalue weighted by Crippen LogP contribution is 2.01. The normalized spacial score (nSPS) is 9.44. The summed E-state index contributed by atoms with van der Waals surface area (Å²) in [5.74, 6) is 0.125. The first-order valence-electron chi connectivity index (χ1n) is 2.47. The second-order valence-electron chi connectivity index (χ2n) is 1.53. The maximum absolute atomic E-state index is 10.6. The molecule has 1 rings (SSSR count). The van der Waals surface area contributed by atoms with Gasteiger partial charge in [0.2, 0.25) is 5.78 Å². The fourth-order valence-electron chi connectivity index (χ4n) is 0.503. The quantitative estimate of drug-likeness (QED) is 0.467. The standard InChI is InChI=1S/C6H5ClO2/c7-4-5(8)6-2-1-3-9-6/h1-3H,4H2. The van der Waals surface area contributed by atoms with Crippen LogP contribution < -0.4 is 0 Å². The van der Waals surface area contributed by atoms with Crippen LogP contribution in [0.25, 0.3) is 0 Å². The van der Waals surface area contributed by atoms with Gasteiger partial charge in [-0.3, -0.25) is 4.79 Å². The van der Waals surface area contributed by atoms with Crippen molar-refractivity contribution in [2.75, 3.05) is 5.88 Å². The van der Waals surface area contributed by atoms with Crippen LogP contribution in [0.2, 0.25) is 0 Å². The van der Waals surface area contributed by atoms with Crippen molar-refractivity contribution in [1.29, 1.82) is 0 Å². The van der Waals surface area contributed by atoms with Crippen LogP contribution in [0, 0.1) is 0 Å². The van der Waals surface area contributed by atoms with E-state index in [2.05, 4.69) is 0 Å². The van der Waals surface area contributed by atoms with Crippen molar-refractivity contribution in [3.63, 3.8) is 0 Å². The molecule has 0 aliphatic carbocycles. The highest BCUT2D eigenvalue weighted by atomic mass is 35.5. The Morgan fingerprint density at radius 1 is 1.78 bits per heavy atom. The van der Waals surface area contributed by atoms with Crippen LogP contribution in [-0.2, 0) is 0 Å². The van der Waals surface area contributed by atoms with Gasteiger partial charge < -0.3 is 4.42 Å². The molecule has 48 valence electrons. The minimum absolute atomic E-state index is 0.0203. The molecule has 0 aliphatic heterocycles. The minimum atomic E-state index is -0.179. The van der Waals surface area contributed by atoms with Crippen LogP contribution in [0.15, 0.2) is 22.8 Å². The zero-order chi connectivity index (χ0) is 6.69. The Hall–Kier alpha value is -0.760. The lowest BCUT2D eigenvalue weighted by molar-refractivity contribution is 0.0990. The molecule has 0 fully saturated rings. The fraction of sp³-hybridized carbons (Fsp3) is 0.167. The number of halogens is 1. The summed E-state index contributed by atoms with van der Waals surface area (Å²) in [5, 5.41) is 0. The van der Waals surface area contributed by atoms with Crippen molar-refractivity contribution in [1.82, 2.24) is 0 Å². The average molecular weight is 145 g/mol. The molecule has 0 spiro atoms. The Balaban J connectivity index is 2.77. The number of ketones is 1. The second kappa shape index (κ2) is 2.69. The number of carbonyl (C=O) groups excluding carboxylic acids is 1. The molecule has 0 aliphatic rings. The minimum Gasteiger partial charge on any atom is -0.461 e. The van der Waals surface area contributed by atoms with E-state index in [9.17, 15) is 4.79 Å². The molecule has 1 aromatic heterocycles. The lowest BCUT2D eigenvalue weighted by atomic mass is 10.3. The van der Waals surface area contributed by atoms with E-state index in [4.69, 9.17) is 16.0 Å². The molecule has 0 atom stereocenters. The third-order valence-corrected chi connectivity index (χ3v) is 1.16. The number of rotatable bonds is 2. The van der Waals surface area contributed by atoms with E-state index in [1.54, 1.807) is 12.1 Å². The summed E-state index contributed by atoms with van der Waals surface area (Å²) in [5.41, 5.74) is 0. The molecule has 0 unspecified atom stereocenters. The molecular weight excluding hydrogens is 140 g/mol. The lowest BCUT2D eigenvalue weighted by Crippen LogP contribution is -1.96. The first-order chi connectivity index (χ1) is 4.34. The molecule has 0 saturated heterocycles. The van der Waals surface area contributed by atoms with Crippen LogP contribution in [0.3, 0.4) is 0 Å². The van der Waals surface area contributed by atoms with E-state index in [-0.39, 0.29) is 11.7 Å². The largest absolute Gasteiger partial charge is 0.461 e. The van der Waals surface area contributed by atoms with Gasteiger partial charge >= 0.3 is 0 Å². The fourth-order valence-corrected chi connectivity index (χ4v) is 0.635. The van der Waals surface area contributed by atoms with Crippen molar-refractivity contribution >= 4 is 17.4 Å². The van der Waals surface area contributed by atoms with Gasteiger partial charge in [-0.05, 0) is 12.1 Å². The summed E-state index contributed by atoms with van der Waals surface area (Å²) in [6, 6.07) is 3.24. The first-order valence-corrected chi connectivity index (χ1v) is 3.00. The Kier molecular flexibility index (Phi) is 1.90. The second-order valence-corrected chi connectivity index (χ2v) is 1.80. The summed E-state index contributed by atoms with van der Waals surface area (Å²) in [4.78, 5) is 10.6. The zero-order valence-corrected chi connectivity index (χ0v) is 5.39. The molecule has 0 aromatic carbocycles. The van der Waals surface area contributed by atoms with E-state index >= 15 is 0 Å². The third kappa shape index (κ3) is 1.33. The van der Waals surface area contributed by atoms with Gasteiger partial charge in [0.15, 0.2) is 5.76 Å². The summed E-state index contributed by atoms with van der Waals surface area (Å²) >= 11 is 5.23. The van der Waals surface area contributed by atoms with Crippen LogP contribution in [0.5, 0.6) is 0 Å². The third-order valence-electron chi connectivity index (χ3n) is 0.917. The van der Waals surface area contributed by atoms with Crippen molar-refractivity contribution in [3.8, 4) is 0 Å². The van der Waals surface area contributed by atoms with Gasteiger partial charge in [0.25, 0.3) is 0 Å². The number of hydrogen-bond donors (Lipinski definition) is 0. The van der Waals surface area contributed by atoms with Gasteiger partial charge in [-0.25, -0.2) is 0 Å². The monoisotopic (exact) mass is 144 g/mol. The van der Waals surface area contributed by atoms with Gasteiger partial charge in [-0.15, -0.1) is 11.6 Å². The molecular formula is C6H5ClO2. The topological polar surface area (TPSA) is 30.2 Å². The van der Waals surface area contributed by atoms with Crippen LogP contribution >= 0.6 is 11.6 Å². The molecule has 9 heavy (non-hydrogen) atoms. The number of Topliss-reactive ketones (excluding diaryl/α,β-unsaturated/α-hetero) is 1. The molecule has 1 aromatic rings. The van der Waals surface area contributed by atoms with Crippen molar-refractivity contribution in [3.05, 3.63) is 24.2 Å². The summed E-state index contributed by atoms with van der Waals surface area (Å²) in [6.07, 6.45) is 1.44. The average Bonchev–Trinajstić information content (AvgIpc) is 2.37. The van der Waals surface area contributed by atoms with Gasteiger partial charge in [0, 0.05) is 0 Å². The molecule has 0 radical (unpaired) electrons. The SMILES string of the molecule is O=C(CCl)c1ccco1. The van der Waals surface area contributed by atoms with Gasteiger partial charge in [-0.1, -0.05) is 0 Å². The molecule has 0 N–H and O–H groups in total. The number of furan rings is 1. The molecule has 3 heteroatoms.